The summed E-state index contributed by atoms with van der Waals surface area (Å²) in [5.41, 5.74) is 1.28. The van der Waals surface area contributed by atoms with Crippen molar-refractivity contribution in [2.24, 2.45) is 10.9 Å². The summed E-state index contributed by atoms with van der Waals surface area (Å²) in [7, 11) is 1.80. The molecule has 2 rings (SSSR count). The maximum atomic E-state index is 5.80. The lowest BCUT2D eigenvalue weighted by atomic mass is 10.0. The molecular formula is C22H35N5O. The molecule has 154 valence electrons. The van der Waals surface area contributed by atoms with Crippen molar-refractivity contribution in [3.8, 4) is 0 Å². The molecule has 1 aromatic heterocycles. The fourth-order valence-electron chi connectivity index (χ4n) is 3.16. The van der Waals surface area contributed by atoms with Gasteiger partial charge in [0.25, 0.3) is 0 Å². The van der Waals surface area contributed by atoms with Gasteiger partial charge < -0.3 is 19.9 Å². The topological polar surface area (TPSA) is 63.5 Å². The van der Waals surface area contributed by atoms with Crippen molar-refractivity contribution in [3.05, 3.63) is 54.1 Å². The van der Waals surface area contributed by atoms with Gasteiger partial charge in [-0.15, -0.1) is 0 Å². The van der Waals surface area contributed by atoms with Gasteiger partial charge >= 0.3 is 0 Å². The van der Waals surface area contributed by atoms with Crippen LogP contribution in [0.25, 0.3) is 0 Å². The van der Waals surface area contributed by atoms with Crippen LogP contribution in [0.15, 0.2) is 47.7 Å². The normalized spacial score (nSPS) is 13.0. The van der Waals surface area contributed by atoms with E-state index >= 15 is 0 Å². The van der Waals surface area contributed by atoms with Crippen LogP contribution < -0.4 is 10.6 Å². The van der Waals surface area contributed by atoms with Crippen LogP contribution in [0.5, 0.6) is 0 Å². The summed E-state index contributed by atoms with van der Waals surface area (Å²) in [6.45, 7) is 9.67. The zero-order valence-electron chi connectivity index (χ0n) is 17.7. The van der Waals surface area contributed by atoms with E-state index in [0.29, 0.717) is 5.92 Å². The van der Waals surface area contributed by atoms with Crippen LogP contribution in [0.4, 0.5) is 0 Å². The highest BCUT2D eigenvalue weighted by atomic mass is 16.5. The first-order chi connectivity index (χ1) is 13.6. The minimum Gasteiger partial charge on any atom is -0.378 e. The Morgan fingerprint density at radius 3 is 2.61 bits per heavy atom. The largest absolute Gasteiger partial charge is 0.378 e. The van der Waals surface area contributed by atoms with Gasteiger partial charge in [0.05, 0.1) is 6.10 Å². The Bertz CT molecular complexity index is 696. The van der Waals surface area contributed by atoms with E-state index in [1.807, 2.05) is 25.4 Å². The molecule has 1 unspecified atom stereocenters. The molecule has 2 N–H and O–H groups in total. The zero-order valence-corrected chi connectivity index (χ0v) is 17.7. The molecule has 0 bridgehead atoms. The number of benzene rings is 1. The van der Waals surface area contributed by atoms with Crippen LogP contribution in [0.2, 0.25) is 0 Å². The second kappa shape index (κ2) is 12.2. The highest BCUT2D eigenvalue weighted by Crippen LogP contribution is 2.10. The van der Waals surface area contributed by atoms with Crippen LogP contribution in [0.1, 0.15) is 38.6 Å². The molecule has 0 spiro atoms. The summed E-state index contributed by atoms with van der Waals surface area (Å²) in [6.07, 6.45) is 5.99. The van der Waals surface area contributed by atoms with E-state index in [1.54, 1.807) is 7.05 Å². The molecule has 0 radical (unpaired) electrons. The minimum absolute atomic E-state index is 0.279. The maximum Gasteiger partial charge on any atom is 0.190 e. The third-order valence-electron chi connectivity index (χ3n) is 4.71. The van der Waals surface area contributed by atoms with Crippen LogP contribution in [0, 0.1) is 5.92 Å². The fraction of sp³-hybridized carbons (Fsp3) is 0.545. The number of nitrogens with zero attached hydrogens (tertiary/aromatic N) is 3. The fourth-order valence-corrected chi connectivity index (χ4v) is 3.16. The molecule has 0 aliphatic heterocycles. The van der Waals surface area contributed by atoms with Gasteiger partial charge in [-0.1, -0.05) is 44.2 Å². The molecule has 1 heterocycles. The Kier molecular flexibility index (Phi) is 9.55. The lowest BCUT2D eigenvalue weighted by Gasteiger charge is -2.21. The van der Waals surface area contributed by atoms with Crippen LogP contribution >= 0.6 is 0 Å². The number of imidazole rings is 1. The highest BCUT2D eigenvalue weighted by molar-refractivity contribution is 5.79. The van der Waals surface area contributed by atoms with E-state index in [0.717, 1.165) is 50.9 Å². The molecule has 1 aromatic carbocycles. The van der Waals surface area contributed by atoms with Gasteiger partial charge in [0.15, 0.2) is 5.96 Å². The summed E-state index contributed by atoms with van der Waals surface area (Å²) in [5, 5.41) is 6.76. The van der Waals surface area contributed by atoms with Gasteiger partial charge in [0.1, 0.15) is 5.82 Å². The average molecular weight is 386 g/mol. The van der Waals surface area contributed by atoms with Crippen molar-refractivity contribution in [2.45, 2.75) is 46.3 Å². The molecule has 1 atom stereocenters. The van der Waals surface area contributed by atoms with Gasteiger partial charge in [-0.05, 0) is 24.8 Å². The number of aliphatic imine (C=N–C) groups is 1. The van der Waals surface area contributed by atoms with Crippen LogP contribution in [-0.2, 0) is 17.7 Å². The lowest BCUT2D eigenvalue weighted by molar-refractivity contribution is 0.0258. The molecule has 0 fully saturated rings. The first-order valence-electron chi connectivity index (χ1n) is 10.2. The highest BCUT2D eigenvalue weighted by Gasteiger charge is 2.13. The molecular weight excluding hydrogens is 350 g/mol. The molecule has 28 heavy (non-hydrogen) atoms. The smallest absolute Gasteiger partial charge is 0.190 e. The van der Waals surface area contributed by atoms with Gasteiger partial charge in [-0.3, -0.25) is 4.99 Å². The molecule has 0 amide bonds. The number of hydrogen-bond acceptors (Lipinski definition) is 3. The number of guanidine groups is 1. The quantitative estimate of drug-likeness (QED) is 0.461. The predicted molar refractivity (Wildman–Crippen MR) is 116 cm³/mol. The maximum absolute atomic E-state index is 5.80. The predicted octanol–water partition coefficient (Wildman–Crippen LogP) is 3.09. The lowest BCUT2D eigenvalue weighted by Crippen LogP contribution is -2.40. The molecule has 0 aliphatic rings. The Morgan fingerprint density at radius 2 is 1.93 bits per heavy atom. The Hall–Kier alpha value is -2.34. The van der Waals surface area contributed by atoms with E-state index in [2.05, 4.69) is 63.3 Å². The van der Waals surface area contributed by atoms with Gasteiger partial charge in [0.2, 0.25) is 0 Å². The number of nitrogens with one attached hydrogen (secondary N) is 2. The van der Waals surface area contributed by atoms with Gasteiger partial charge in [0, 0.05) is 52.1 Å². The molecule has 0 aliphatic carbocycles. The number of ether oxygens (including phenoxy) is 1. The molecule has 0 saturated carbocycles. The van der Waals surface area contributed by atoms with E-state index < -0.39 is 0 Å². The van der Waals surface area contributed by atoms with Crippen LogP contribution in [0.3, 0.4) is 0 Å². The zero-order chi connectivity index (χ0) is 20.2. The number of rotatable bonds is 11. The standard InChI is InChI=1S/C22H35N5O/c1-5-28-20(18(2)3)11-13-25-22(23-4)26-14-12-21-24-15-16-27(21)17-19-9-7-6-8-10-19/h6-10,15-16,18,20H,5,11-14,17H2,1-4H3,(H2,23,25,26). The van der Waals surface area contributed by atoms with E-state index in [1.165, 1.54) is 5.56 Å². The minimum atomic E-state index is 0.279. The molecule has 0 saturated heterocycles. The van der Waals surface area contributed by atoms with Crippen molar-refractivity contribution < 1.29 is 4.74 Å². The molecule has 6 heteroatoms. The van der Waals surface area contributed by atoms with Crippen molar-refractivity contribution in [2.75, 3.05) is 26.7 Å². The summed E-state index contributed by atoms with van der Waals surface area (Å²) < 4.78 is 8.00. The Morgan fingerprint density at radius 1 is 1.18 bits per heavy atom. The van der Waals surface area contributed by atoms with Gasteiger partial charge in [-0.2, -0.15) is 0 Å². The van der Waals surface area contributed by atoms with Crippen molar-refractivity contribution >= 4 is 5.96 Å². The summed E-state index contributed by atoms with van der Waals surface area (Å²) in [5.74, 6) is 2.41. The number of aromatic nitrogens is 2. The summed E-state index contributed by atoms with van der Waals surface area (Å²) >= 11 is 0. The van der Waals surface area contributed by atoms with Crippen molar-refractivity contribution in [1.29, 1.82) is 0 Å². The third kappa shape index (κ3) is 7.35. The molecule has 2 aromatic rings. The van der Waals surface area contributed by atoms with Crippen molar-refractivity contribution in [1.82, 2.24) is 20.2 Å². The first-order valence-corrected chi connectivity index (χ1v) is 10.2. The number of hydrogen-bond donors (Lipinski definition) is 2. The van der Waals surface area contributed by atoms with Crippen molar-refractivity contribution in [3.63, 3.8) is 0 Å². The SMILES string of the molecule is CCOC(CCNC(=NC)NCCc1nccn1Cc1ccccc1)C(C)C. The van der Waals surface area contributed by atoms with E-state index in [4.69, 9.17) is 4.74 Å². The Balaban J connectivity index is 1.75. The molecule has 6 nitrogen and oxygen atoms in total. The second-order valence-corrected chi connectivity index (χ2v) is 7.16. The van der Waals surface area contributed by atoms with Gasteiger partial charge in [-0.25, -0.2) is 4.98 Å². The monoisotopic (exact) mass is 385 g/mol. The third-order valence-corrected chi connectivity index (χ3v) is 4.71. The van der Waals surface area contributed by atoms with E-state index in [9.17, 15) is 0 Å². The first kappa shape index (κ1) is 22.0. The average Bonchev–Trinajstić information content (AvgIpc) is 3.13. The van der Waals surface area contributed by atoms with E-state index in [-0.39, 0.29) is 6.10 Å². The van der Waals surface area contributed by atoms with Crippen LogP contribution in [-0.4, -0.2) is 48.4 Å². The summed E-state index contributed by atoms with van der Waals surface area (Å²) in [4.78, 5) is 8.82. The summed E-state index contributed by atoms with van der Waals surface area (Å²) in [6, 6.07) is 10.5. The second-order valence-electron chi connectivity index (χ2n) is 7.16. The Labute approximate surface area is 169 Å².